The molecular weight excluding hydrogens is 395 g/mol. The van der Waals surface area contributed by atoms with Gasteiger partial charge in [0.05, 0.1) is 22.7 Å². The molecule has 0 unspecified atom stereocenters. The molecule has 9 nitrogen and oxygen atoms in total. The second-order valence-electron chi connectivity index (χ2n) is 6.60. The molecule has 1 aromatic heterocycles. The smallest absolute Gasteiger partial charge is 0.363 e. The lowest BCUT2D eigenvalue weighted by molar-refractivity contribution is -0.384. The number of amides is 1. The molecule has 3 rings (SSSR count). The monoisotopic (exact) mass is 413 g/mol. The fourth-order valence-electron chi connectivity index (χ4n) is 3.06. The SMILES string of the molecule is Cc1cc(NC(=O)CN2CCN(c3ccc(C(F)(F)F)cc3[N+](=O)[O-])CC2)on1. The van der Waals surface area contributed by atoms with Crippen molar-refractivity contribution in [1.82, 2.24) is 10.1 Å². The molecule has 12 heteroatoms. The number of piperazine rings is 1. The van der Waals surface area contributed by atoms with Crippen molar-refractivity contribution in [3.63, 3.8) is 0 Å². The van der Waals surface area contributed by atoms with Crippen molar-refractivity contribution in [1.29, 1.82) is 0 Å². The first-order valence-electron chi connectivity index (χ1n) is 8.69. The number of aromatic nitrogens is 1. The second-order valence-corrected chi connectivity index (χ2v) is 6.60. The van der Waals surface area contributed by atoms with E-state index in [1.54, 1.807) is 17.9 Å². The van der Waals surface area contributed by atoms with Crippen molar-refractivity contribution in [3.05, 3.63) is 45.6 Å². The first kappa shape index (κ1) is 20.6. The number of carbonyl (C=O) groups is 1. The number of carbonyl (C=O) groups excluding carboxylic acids is 1. The summed E-state index contributed by atoms with van der Waals surface area (Å²) in [5, 5.41) is 17.5. The van der Waals surface area contributed by atoms with Crippen LogP contribution in [0.2, 0.25) is 0 Å². The van der Waals surface area contributed by atoms with E-state index in [9.17, 15) is 28.1 Å². The maximum atomic E-state index is 12.8. The number of rotatable bonds is 5. The Morgan fingerprint density at radius 2 is 1.97 bits per heavy atom. The molecule has 1 aliphatic heterocycles. The van der Waals surface area contributed by atoms with E-state index < -0.39 is 22.4 Å². The van der Waals surface area contributed by atoms with Crippen molar-refractivity contribution in [2.24, 2.45) is 0 Å². The Kier molecular flexibility index (Phi) is 5.73. The molecular formula is C17H18F3N5O4. The van der Waals surface area contributed by atoms with Crippen LogP contribution in [0.3, 0.4) is 0 Å². The van der Waals surface area contributed by atoms with Gasteiger partial charge < -0.3 is 9.42 Å². The van der Waals surface area contributed by atoms with Gasteiger partial charge in [0, 0.05) is 38.3 Å². The van der Waals surface area contributed by atoms with Crippen molar-refractivity contribution in [2.45, 2.75) is 13.1 Å². The number of hydrogen-bond acceptors (Lipinski definition) is 7. The summed E-state index contributed by atoms with van der Waals surface area (Å²) in [6.07, 6.45) is -4.66. The Bertz CT molecular complexity index is 907. The number of aryl methyl sites for hydroxylation is 1. The molecule has 1 fully saturated rings. The van der Waals surface area contributed by atoms with Crippen LogP contribution in [0.4, 0.5) is 30.4 Å². The first-order chi connectivity index (χ1) is 13.6. The summed E-state index contributed by atoms with van der Waals surface area (Å²) in [6, 6.07) is 4.09. The van der Waals surface area contributed by atoms with Crippen LogP contribution in [0.25, 0.3) is 0 Å². The maximum Gasteiger partial charge on any atom is 0.416 e. The first-order valence-corrected chi connectivity index (χ1v) is 8.69. The highest BCUT2D eigenvalue weighted by Crippen LogP contribution is 2.36. The number of nitrogens with zero attached hydrogens (tertiary/aromatic N) is 4. The van der Waals surface area contributed by atoms with E-state index in [1.165, 1.54) is 0 Å². The van der Waals surface area contributed by atoms with E-state index in [4.69, 9.17) is 4.52 Å². The second kappa shape index (κ2) is 8.07. The highest BCUT2D eigenvalue weighted by Gasteiger charge is 2.34. The van der Waals surface area contributed by atoms with Gasteiger partial charge in [-0.15, -0.1) is 0 Å². The molecule has 1 aromatic carbocycles. The zero-order valence-electron chi connectivity index (χ0n) is 15.4. The Morgan fingerprint density at radius 3 is 2.52 bits per heavy atom. The number of hydrogen-bond donors (Lipinski definition) is 1. The minimum absolute atomic E-state index is 0.0860. The highest BCUT2D eigenvalue weighted by molar-refractivity contribution is 5.91. The third kappa shape index (κ3) is 5.02. The average molecular weight is 413 g/mol. The van der Waals surface area contributed by atoms with Gasteiger partial charge in [0.15, 0.2) is 0 Å². The zero-order chi connectivity index (χ0) is 21.2. The molecule has 0 atom stereocenters. The molecule has 1 aliphatic rings. The summed E-state index contributed by atoms with van der Waals surface area (Å²) in [5.41, 5.74) is -0.895. The Hall–Kier alpha value is -3.15. The third-order valence-corrected chi connectivity index (χ3v) is 4.47. The van der Waals surface area contributed by atoms with Crippen molar-refractivity contribution in [2.75, 3.05) is 42.9 Å². The average Bonchev–Trinajstić information content (AvgIpc) is 3.05. The van der Waals surface area contributed by atoms with Gasteiger partial charge in [-0.2, -0.15) is 13.2 Å². The molecule has 156 valence electrons. The summed E-state index contributed by atoms with van der Waals surface area (Å²) in [4.78, 5) is 26.0. The van der Waals surface area contributed by atoms with E-state index in [2.05, 4.69) is 10.5 Å². The molecule has 29 heavy (non-hydrogen) atoms. The van der Waals surface area contributed by atoms with Crippen LogP contribution in [0, 0.1) is 17.0 Å². The number of nitrogens with one attached hydrogen (secondary N) is 1. The molecule has 1 amide bonds. The van der Waals surface area contributed by atoms with E-state index in [0.717, 1.165) is 12.1 Å². The number of anilines is 2. The number of halogens is 3. The molecule has 2 aromatic rings. The quantitative estimate of drug-likeness (QED) is 0.594. The summed E-state index contributed by atoms with van der Waals surface area (Å²) >= 11 is 0. The fourth-order valence-corrected chi connectivity index (χ4v) is 3.06. The molecule has 0 saturated carbocycles. The molecule has 0 radical (unpaired) electrons. The van der Waals surface area contributed by atoms with Crippen molar-refractivity contribution < 1.29 is 27.4 Å². The molecule has 2 heterocycles. The van der Waals surface area contributed by atoms with Gasteiger partial charge in [-0.3, -0.25) is 25.1 Å². The normalized spacial score (nSPS) is 15.4. The van der Waals surface area contributed by atoms with Crippen LogP contribution >= 0.6 is 0 Å². The third-order valence-electron chi connectivity index (χ3n) is 4.47. The van der Waals surface area contributed by atoms with Crippen LogP contribution in [0.5, 0.6) is 0 Å². The van der Waals surface area contributed by atoms with Crippen LogP contribution in [-0.2, 0) is 11.0 Å². The molecule has 0 aliphatic carbocycles. The lowest BCUT2D eigenvalue weighted by atomic mass is 10.1. The molecule has 0 spiro atoms. The van der Waals surface area contributed by atoms with E-state index in [1.807, 2.05) is 4.90 Å². The van der Waals surface area contributed by atoms with Gasteiger partial charge in [-0.05, 0) is 19.1 Å². The minimum atomic E-state index is -4.66. The van der Waals surface area contributed by atoms with Gasteiger partial charge in [-0.1, -0.05) is 5.16 Å². The van der Waals surface area contributed by atoms with Crippen LogP contribution < -0.4 is 10.2 Å². The fraction of sp³-hybridized carbons (Fsp3) is 0.412. The van der Waals surface area contributed by atoms with Crippen molar-refractivity contribution >= 4 is 23.2 Å². The summed E-state index contributed by atoms with van der Waals surface area (Å²) < 4.78 is 43.4. The predicted molar refractivity (Wildman–Crippen MR) is 96.6 cm³/mol. The van der Waals surface area contributed by atoms with Gasteiger partial charge >= 0.3 is 6.18 Å². The van der Waals surface area contributed by atoms with Crippen LogP contribution in [0.1, 0.15) is 11.3 Å². The molecule has 0 bridgehead atoms. The predicted octanol–water partition coefficient (Wildman–Crippen LogP) is 2.67. The summed E-state index contributed by atoms with van der Waals surface area (Å²) in [5.74, 6) is -0.0541. The van der Waals surface area contributed by atoms with Crippen LogP contribution in [-0.4, -0.2) is 53.6 Å². The topological polar surface area (TPSA) is 105 Å². The number of alkyl halides is 3. The summed E-state index contributed by atoms with van der Waals surface area (Å²) in [6.45, 7) is 3.31. The van der Waals surface area contributed by atoms with E-state index in [-0.39, 0.29) is 24.0 Å². The zero-order valence-corrected chi connectivity index (χ0v) is 15.4. The number of nitro groups is 1. The van der Waals surface area contributed by atoms with Gasteiger partial charge in [0.25, 0.3) is 5.69 Å². The number of nitro benzene ring substituents is 1. The van der Waals surface area contributed by atoms with Gasteiger partial charge in [0.1, 0.15) is 5.69 Å². The highest BCUT2D eigenvalue weighted by atomic mass is 19.4. The Morgan fingerprint density at radius 1 is 1.28 bits per heavy atom. The maximum absolute atomic E-state index is 12.8. The Labute approximate surface area is 163 Å². The largest absolute Gasteiger partial charge is 0.416 e. The van der Waals surface area contributed by atoms with Gasteiger partial charge in [0.2, 0.25) is 11.8 Å². The van der Waals surface area contributed by atoms with Gasteiger partial charge in [-0.25, -0.2) is 0 Å². The van der Waals surface area contributed by atoms with Crippen molar-refractivity contribution in [3.8, 4) is 0 Å². The van der Waals surface area contributed by atoms with Crippen LogP contribution in [0.15, 0.2) is 28.8 Å². The minimum Gasteiger partial charge on any atom is -0.363 e. The summed E-state index contributed by atoms with van der Waals surface area (Å²) in [7, 11) is 0. The Balaban J connectivity index is 1.61. The van der Waals surface area contributed by atoms with E-state index >= 15 is 0 Å². The molecule has 1 N–H and O–H groups in total. The number of benzene rings is 1. The molecule has 1 saturated heterocycles. The van der Waals surface area contributed by atoms with E-state index in [0.29, 0.717) is 37.9 Å². The lowest BCUT2D eigenvalue weighted by Crippen LogP contribution is -2.48. The lowest BCUT2D eigenvalue weighted by Gasteiger charge is -2.35. The standard InChI is InChI=1S/C17H18F3N5O4/c1-11-8-16(29-22-11)21-15(26)10-23-4-6-24(7-5-23)13-3-2-12(17(18,19)20)9-14(13)25(27)28/h2-3,8-9H,4-7,10H2,1H3,(H,21,26).